The minimum absolute atomic E-state index is 0.775. The highest BCUT2D eigenvalue weighted by atomic mass is 14.9. The van der Waals surface area contributed by atoms with E-state index >= 15 is 0 Å². The quantitative estimate of drug-likeness (QED) is 0.495. The number of aryl methyl sites for hydroxylation is 1. The number of hydrogen-bond donors (Lipinski definition) is 1. The standard InChI is InChI=1S/C26H41N/c1-2-7-11-17-23-26(22-16-10-6-1)27-24-18-12-15-21-25-19-13-8-4-3-5-9-14-20-25/h3-5,8-9,13-14,19-20,26-27H,1-2,6-7,10-12,15-18,21-24H2. The fourth-order valence-corrected chi connectivity index (χ4v) is 4.03. The summed E-state index contributed by atoms with van der Waals surface area (Å²) in [5.41, 5.74) is 1.43. The molecule has 1 N–H and O–H groups in total. The lowest BCUT2D eigenvalue weighted by Gasteiger charge is -2.18. The van der Waals surface area contributed by atoms with Crippen molar-refractivity contribution in [1.82, 2.24) is 5.32 Å². The molecule has 0 unspecified atom stereocenters. The van der Waals surface area contributed by atoms with Crippen molar-refractivity contribution < 1.29 is 0 Å². The van der Waals surface area contributed by atoms with Gasteiger partial charge >= 0.3 is 0 Å². The van der Waals surface area contributed by atoms with Crippen molar-refractivity contribution in [3.63, 3.8) is 0 Å². The molecule has 1 saturated carbocycles. The Morgan fingerprint density at radius 2 is 1.11 bits per heavy atom. The van der Waals surface area contributed by atoms with Crippen molar-refractivity contribution in [2.75, 3.05) is 6.54 Å². The van der Waals surface area contributed by atoms with E-state index in [2.05, 4.69) is 59.9 Å². The van der Waals surface area contributed by atoms with Crippen LogP contribution in [0.3, 0.4) is 0 Å². The molecule has 1 aliphatic rings. The van der Waals surface area contributed by atoms with Gasteiger partial charge in [-0.1, -0.05) is 112 Å². The summed E-state index contributed by atoms with van der Waals surface area (Å²) in [6.45, 7) is 1.20. The maximum absolute atomic E-state index is 3.87. The molecule has 1 heteroatoms. The summed E-state index contributed by atoms with van der Waals surface area (Å²) in [5, 5.41) is 3.87. The molecule has 0 atom stereocenters. The third-order valence-electron chi connectivity index (χ3n) is 5.72. The molecule has 0 saturated heterocycles. The molecular formula is C26H41N. The molecule has 0 aromatic heterocycles. The van der Waals surface area contributed by atoms with Crippen LogP contribution in [0, 0.1) is 0 Å². The first-order chi connectivity index (χ1) is 13.4. The molecule has 2 rings (SSSR count). The van der Waals surface area contributed by atoms with Crippen molar-refractivity contribution in [3.05, 3.63) is 60.2 Å². The largest absolute Gasteiger partial charge is 0.314 e. The molecule has 0 aliphatic heterocycles. The second-order valence-electron chi connectivity index (χ2n) is 8.12. The van der Waals surface area contributed by atoms with Crippen molar-refractivity contribution in [2.45, 2.75) is 95.9 Å². The molecule has 1 fully saturated rings. The lowest BCUT2D eigenvalue weighted by molar-refractivity contribution is 0.416. The van der Waals surface area contributed by atoms with Crippen LogP contribution in [-0.4, -0.2) is 12.6 Å². The van der Waals surface area contributed by atoms with E-state index < -0.39 is 0 Å². The fraction of sp³-hybridized carbons (Fsp3) is 0.615. The van der Waals surface area contributed by atoms with Gasteiger partial charge in [0.2, 0.25) is 0 Å². The van der Waals surface area contributed by atoms with Crippen molar-refractivity contribution >= 4 is 0 Å². The predicted molar refractivity (Wildman–Crippen MR) is 120 cm³/mol. The maximum atomic E-state index is 3.87. The molecule has 0 heterocycles. The van der Waals surface area contributed by atoms with E-state index in [-0.39, 0.29) is 0 Å². The zero-order valence-electron chi connectivity index (χ0n) is 17.4. The molecule has 0 radical (unpaired) electrons. The van der Waals surface area contributed by atoms with E-state index in [1.165, 1.54) is 102 Å². The molecule has 1 nitrogen and oxygen atoms in total. The summed E-state index contributed by atoms with van der Waals surface area (Å²) in [6.07, 6.45) is 19.5. The van der Waals surface area contributed by atoms with E-state index in [1.54, 1.807) is 0 Å². The summed E-state index contributed by atoms with van der Waals surface area (Å²) in [7, 11) is 0. The molecule has 1 aromatic carbocycles. The predicted octanol–water partition coefficient (Wildman–Crippen LogP) is 7.40. The normalized spacial score (nSPS) is 16.9. The summed E-state index contributed by atoms with van der Waals surface area (Å²) < 4.78 is 0. The highest BCUT2D eigenvalue weighted by Crippen LogP contribution is 2.17. The van der Waals surface area contributed by atoms with Gasteiger partial charge in [-0.2, -0.15) is 0 Å². The van der Waals surface area contributed by atoms with Gasteiger partial charge in [0.15, 0.2) is 0 Å². The Hall–Kier alpha value is -1.34. The van der Waals surface area contributed by atoms with E-state index in [0.717, 1.165) is 6.04 Å². The smallest absolute Gasteiger partial charge is 0.00670 e. The topological polar surface area (TPSA) is 12.0 Å². The minimum atomic E-state index is 0.775. The molecule has 150 valence electrons. The van der Waals surface area contributed by atoms with Crippen molar-refractivity contribution in [1.29, 1.82) is 0 Å². The Kier molecular flexibility index (Phi) is 12.8. The Morgan fingerprint density at radius 1 is 0.593 bits per heavy atom. The van der Waals surface area contributed by atoms with Crippen LogP contribution in [0.15, 0.2) is 54.6 Å². The van der Waals surface area contributed by atoms with Crippen LogP contribution in [0.4, 0.5) is 0 Å². The Labute approximate surface area is 168 Å². The zero-order valence-corrected chi connectivity index (χ0v) is 17.4. The SMILES string of the molecule is c1ccccc(CCCCCNC2CCCCCCCCCC2)cccc1. The number of rotatable bonds is 7. The van der Waals surface area contributed by atoms with Crippen LogP contribution in [0.25, 0.3) is 0 Å². The summed E-state index contributed by atoms with van der Waals surface area (Å²) in [6, 6.07) is 20.0. The highest BCUT2D eigenvalue weighted by molar-refractivity contribution is 5.12. The van der Waals surface area contributed by atoms with Crippen LogP contribution in [0.1, 0.15) is 89.0 Å². The molecule has 0 bridgehead atoms. The van der Waals surface area contributed by atoms with Crippen LogP contribution >= 0.6 is 0 Å². The van der Waals surface area contributed by atoms with Gasteiger partial charge in [0, 0.05) is 6.04 Å². The van der Waals surface area contributed by atoms with Gasteiger partial charge < -0.3 is 5.32 Å². The average molecular weight is 368 g/mol. The first-order valence-electron chi connectivity index (χ1n) is 11.6. The number of hydrogen-bond acceptors (Lipinski definition) is 1. The fourth-order valence-electron chi connectivity index (χ4n) is 4.03. The summed E-state index contributed by atoms with van der Waals surface area (Å²) in [5.74, 6) is 0. The van der Waals surface area contributed by atoms with Gasteiger partial charge in [-0.05, 0) is 44.2 Å². The van der Waals surface area contributed by atoms with Gasteiger partial charge in [0.1, 0.15) is 0 Å². The van der Waals surface area contributed by atoms with E-state index in [1.807, 2.05) is 0 Å². The summed E-state index contributed by atoms with van der Waals surface area (Å²) in [4.78, 5) is 0. The third kappa shape index (κ3) is 11.9. The zero-order chi connectivity index (χ0) is 18.8. The summed E-state index contributed by atoms with van der Waals surface area (Å²) >= 11 is 0. The average Bonchev–Trinajstić information content (AvgIpc) is 2.75. The van der Waals surface area contributed by atoms with E-state index in [0.29, 0.717) is 0 Å². The van der Waals surface area contributed by atoms with Gasteiger partial charge in [-0.15, -0.1) is 0 Å². The second-order valence-corrected chi connectivity index (χ2v) is 8.12. The Morgan fingerprint density at radius 3 is 1.70 bits per heavy atom. The maximum Gasteiger partial charge on any atom is 0.00670 e. The monoisotopic (exact) mass is 367 g/mol. The Balaban J connectivity index is 1.61. The van der Waals surface area contributed by atoms with Gasteiger partial charge in [0.05, 0.1) is 0 Å². The van der Waals surface area contributed by atoms with Crippen molar-refractivity contribution in [2.24, 2.45) is 0 Å². The second kappa shape index (κ2) is 15.7. The highest BCUT2D eigenvalue weighted by Gasteiger charge is 2.08. The molecule has 0 amide bonds. The minimum Gasteiger partial charge on any atom is -0.314 e. The molecule has 0 spiro atoms. The number of nitrogens with one attached hydrogen (secondary N) is 1. The van der Waals surface area contributed by atoms with Crippen molar-refractivity contribution in [3.8, 4) is 0 Å². The van der Waals surface area contributed by atoms with Crippen LogP contribution < -0.4 is 5.32 Å². The molecular weight excluding hydrogens is 326 g/mol. The van der Waals surface area contributed by atoms with Gasteiger partial charge in [-0.25, -0.2) is 0 Å². The van der Waals surface area contributed by atoms with Crippen LogP contribution in [-0.2, 0) is 6.42 Å². The molecule has 27 heavy (non-hydrogen) atoms. The Bertz CT molecular complexity index is 486. The van der Waals surface area contributed by atoms with Crippen LogP contribution in [0.5, 0.6) is 0 Å². The van der Waals surface area contributed by atoms with Crippen LogP contribution in [0.2, 0.25) is 0 Å². The first-order valence-corrected chi connectivity index (χ1v) is 11.6. The number of unbranched alkanes of at least 4 members (excludes halogenated alkanes) is 2. The van der Waals surface area contributed by atoms with E-state index in [4.69, 9.17) is 0 Å². The lowest BCUT2D eigenvalue weighted by Crippen LogP contribution is -2.30. The first kappa shape index (κ1) is 22.0. The molecule has 1 aliphatic carbocycles. The van der Waals surface area contributed by atoms with Gasteiger partial charge in [-0.3, -0.25) is 0 Å². The van der Waals surface area contributed by atoms with E-state index in [9.17, 15) is 0 Å². The molecule has 1 aromatic rings. The van der Waals surface area contributed by atoms with Gasteiger partial charge in [0.25, 0.3) is 0 Å². The lowest BCUT2D eigenvalue weighted by atomic mass is 10.0. The third-order valence-corrected chi connectivity index (χ3v) is 5.72.